The molecule has 4 aromatic rings. The molecule has 4 rings (SSSR count). The van der Waals surface area contributed by atoms with Crippen LogP contribution in [0, 0.1) is 11.8 Å². The average molecular weight is 484 g/mol. The Morgan fingerprint density at radius 1 is 0.750 bits per heavy atom. The number of nitrogens with zero attached hydrogens (tertiary/aromatic N) is 3. The number of hydrogen-bond donors (Lipinski definition) is 0. The summed E-state index contributed by atoms with van der Waals surface area (Å²) in [5.74, 6) is 6.23. The van der Waals surface area contributed by atoms with Crippen molar-refractivity contribution in [2.24, 2.45) is 0 Å². The van der Waals surface area contributed by atoms with Gasteiger partial charge in [-0.3, -0.25) is 9.78 Å². The van der Waals surface area contributed by atoms with Crippen molar-refractivity contribution in [3.05, 3.63) is 114 Å². The molecule has 0 spiro atoms. The van der Waals surface area contributed by atoms with Gasteiger partial charge >= 0.3 is 0 Å². The first kappa shape index (κ1) is 32.0. The summed E-state index contributed by atoms with van der Waals surface area (Å²) in [7, 11) is 0. The Kier molecular flexibility index (Phi) is 18.2. The highest BCUT2D eigenvalue weighted by Crippen LogP contribution is 2.14. The average Bonchev–Trinajstić information content (AvgIpc) is 3.53. The molecule has 2 aromatic heterocycles. The summed E-state index contributed by atoms with van der Waals surface area (Å²) in [6, 6.07) is 19.1. The second-order valence-corrected chi connectivity index (χ2v) is 6.31. The summed E-state index contributed by atoms with van der Waals surface area (Å²) in [4.78, 5) is 20.9. The molecule has 0 fully saturated rings. The zero-order valence-corrected chi connectivity index (χ0v) is 23.1. The quantitative estimate of drug-likeness (QED) is 0.217. The standard InChI is InChI=1S/C24H17N3O.4C2H6/c28-24(16-21-5-2-8-23(15-21)27-13-12-26-18-27)22-7-1-4-19(14-22)9-10-20-6-3-11-25-17-20;4*1-2/h1-8,11-15,17-18H,16H2;4*1-2H3. The fourth-order valence-electron chi connectivity index (χ4n) is 2.88. The Hall–Kier alpha value is -3.97. The maximum Gasteiger partial charge on any atom is 0.167 e. The van der Waals surface area contributed by atoms with Crippen molar-refractivity contribution < 1.29 is 4.79 Å². The van der Waals surface area contributed by atoms with E-state index in [9.17, 15) is 4.79 Å². The smallest absolute Gasteiger partial charge is 0.167 e. The maximum absolute atomic E-state index is 12.8. The lowest BCUT2D eigenvalue weighted by atomic mass is 10.0. The van der Waals surface area contributed by atoms with Gasteiger partial charge < -0.3 is 4.57 Å². The van der Waals surface area contributed by atoms with E-state index >= 15 is 0 Å². The molecule has 0 N–H and O–H groups in total. The first-order valence-electron chi connectivity index (χ1n) is 12.9. The number of carbonyl (C=O) groups excluding carboxylic acids is 1. The van der Waals surface area contributed by atoms with Crippen LogP contribution in [0.3, 0.4) is 0 Å². The van der Waals surface area contributed by atoms with Gasteiger partial charge in [-0.05, 0) is 42.0 Å². The van der Waals surface area contributed by atoms with E-state index < -0.39 is 0 Å². The lowest BCUT2D eigenvalue weighted by Gasteiger charge is -2.06. The molecular formula is C32H41N3O. The molecule has 0 bridgehead atoms. The molecule has 2 heterocycles. The van der Waals surface area contributed by atoms with E-state index in [1.807, 2.05) is 127 Å². The predicted molar refractivity (Wildman–Crippen MR) is 154 cm³/mol. The van der Waals surface area contributed by atoms with Gasteiger partial charge in [0.25, 0.3) is 0 Å². The topological polar surface area (TPSA) is 47.8 Å². The number of benzene rings is 2. The van der Waals surface area contributed by atoms with E-state index in [1.54, 1.807) is 24.9 Å². The van der Waals surface area contributed by atoms with Crippen LogP contribution in [0.5, 0.6) is 0 Å². The van der Waals surface area contributed by atoms with Crippen LogP contribution < -0.4 is 0 Å². The van der Waals surface area contributed by atoms with Gasteiger partial charge in [0.2, 0.25) is 0 Å². The zero-order chi connectivity index (χ0) is 27.2. The van der Waals surface area contributed by atoms with Crippen LogP contribution in [-0.2, 0) is 6.42 Å². The van der Waals surface area contributed by atoms with Gasteiger partial charge in [0.1, 0.15) is 0 Å². The molecule has 0 aliphatic rings. The normalized spacial score (nSPS) is 8.56. The molecular weight excluding hydrogens is 442 g/mol. The minimum absolute atomic E-state index is 0.0628. The monoisotopic (exact) mass is 483 g/mol. The molecule has 0 radical (unpaired) electrons. The number of rotatable bonds is 4. The highest BCUT2D eigenvalue weighted by atomic mass is 16.1. The van der Waals surface area contributed by atoms with E-state index in [1.165, 1.54) is 0 Å². The second-order valence-electron chi connectivity index (χ2n) is 6.31. The molecule has 0 aliphatic carbocycles. The van der Waals surface area contributed by atoms with Crippen molar-refractivity contribution in [2.75, 3.05) is 0 Å². The Morgan fingerprint density at radius 2 is 1.42 bits per heavy atom. The van der Waals surface area contributed by atoms with Crippen LogP contribution in [0.1, 0.15) is 82.4 Å². The van der Waals surface area contributed by atoms with E-state index in [2.05, 4.69) is 21.8 Å². The number of carbonyl (C=O) groups is 1. The second kappa shape index (κ2) is 20.4. The van der Waals surface area contributed by atoms with E-state index in [0.717, 1.165) is 22.4 Å². The Balaban J connectivity index is 0.00000140. The fourth-order valence-corrected chi connectivity index (χ4v) is 2.88. The third-order valence-corrected chi connectivity index (χ3v) is 4.28. The number of aromatic nitrogens is 3. The molecule has 0 aliphatic heterocycles. The predicted octanol–water partition coefficient (Wildman–Crippen LogP) is 8.20. The Labute approximate surface area is 218 Å². The first-order chi connectivity index (χ1) is 17.8. The summed E-state index contributed by atoms with van der Waals surface area (Å²) < 4.78 is 1.92. The molecule has 0 unspecified atom stereocenters. The Bertz CT molecular complexity index is 1150. The minimum Gasteiger partial charge on any atom is -0.306 e. The number of Topliss-reactive ketones (excluding diaryl/α,β-unsaturated/α-hetero) is 1. The molecule has 0 saturated carbocycles. The number of ketones is 1. The van der Waals surface area contributed by atoms with Crippen LogP contribution in [0.4, 0.5) is 0 Å². The third kappa shape index (κ3) is 11.0. The third-order valence-electron chi connectivity index (χ3n) is 4.28. The van der Waals surface area contributed by atoms with Gasteiger partial charge in [0, 0.05) is 53.6 Å². The van der Waals surface area contributed by atoms with E-state index in [-0.39, 0.29) is 5.78 Å². The molecule has 36 heavy (non-hydrogen) atoms. The highest BCUT2D eigenvalue weighted by molar-refractivity contribution is 5.97. The molecule has 0 atom stereocenters. The Morgan fingerprint density at radius 3 is 2.06 bits per heavy atom. The van der Waals surface area contributed by atoms with Crippen LogP contribution in [0.2, 0.25) is 0 Å². The van der Waals surface area contributed by atoms with E-state index in [0.29, 0.717) is 12.0 Å². The van der Waals surface area contributed by atoms with Crippen molar-refractivity contribution in [3.8, 4) is 17.5 Å². The van der Waals surface area contributed by atoms with Gasteiger partial charge in [-0.15, -0.1) is 0 Å². The number of pyridine rings is 1. The number of hydrogen-bond acceptors (Lipinski definition) is 3. The molecule has 0 amide bonds. The summed E-state index contributed by atoms with van der Waals surface area (Å²) in [6.07, 6.45) is 9.12. The van der Waals surface area contributed by atoms with Crippen LogP contribution in [0.15, 0.2) is 91.8 Å². The van der Waals surface area contributed by atoms with Crippen molar-refractivity contribution in [2.45, 2.75) is 61.8 Å². The summed E-state index contributed by atoms with van der Waals surface area (Å²) >= 11 is 0. The molecule has 190 valence electrons. The summed E-state index contributed by atoms with van der Waals surface area (Å²) in [5.41, 5.74) is 4.25. The van der Waals surface area contributed by atoms with Gasteiger partial charge in [-0.2, -0.15) is 0 Å². The highest BCUT2D eigenvalue weighted by Gasteiger charge is 2.08. The van der Waals surface area contributed by atoms with Crippen LogP contribution in [0.25, 0.3) is 5.69 Å². The summed E-state index contributed by atoms with van der Waals surface area (Å²) in [5, 5.41) is 0. The van der Waals surface area contributed by atoms with Gasteiger partial charge in [-0.1, -0.05) is 91.5 Å². The van der Waals surface area contributed by atoms with Crippen molar-refractivity contribution in [3.63, 3.8) is 0 Å². The lowest BCUT2D eigenvalue weighted by molar-refractivity contribution is 0.0993. The van der Waals surface area contributed by atoms with Gasteiger partial charge in [0.05, 0.1) is 6.33 Å². The molecule has 0 saturated heterocycles. The summed E-state index contributed by atoms with van der Waals surface area (Å²) in [6.45, 7) is 16.0. The first-order valence-corrected chi connectivity index (χ1v) is 12.9. The molecule has 4 nitrogen and oxygen atoms in total. The van der Waals surface area contributed by atoms with Gasteiger partial charge in [-0.25, -0.2) is 4.98 Å². The largest absolute Gasteiger partial charge is 0.306 e. The van der Waals surface area contributed by atoms with Crippen molar-refractivity contribution >= 4 is 5.78 Å². The van der Waals surface area contributed by atoms with Crippen LogP contribution >= 0.6 is 0 Å². The van der Waals surface area contributed by atoms with Crippen LogP contribution in [-0.4, -0.2) is 20.3 Å². The lowest BCUT2D eigenvalue weighted by Crippen LogP contribution is -2.04. The fraction of sp³-hybridized carbons (Fsp3) is 0.281. The van der Waals surface area contributed by atoms with Gasteiger partial charge in [0.15, 0.2) is 5.78 Å². The SMILES string of the molecule is CC.CC.CC.CC.O=C(Cc1cccc(-n2ccnc2)c1)c1cccc(C#Cc2cccnc2)c1. The molecule has 2 aromatic carbocycles. The zero-order valence-electron chi connectivity index (χ0n) is 23.1. The number of imidazole rings is 1. The molecule has 4 heteroatoms. The minimum atomic E-state index is 0.0628. The van der Waals surface area contributed by atoms with Crippen molar-refractivity contribution in [1.82, 2.24) is 14.5 Å². The maximum atomic E-state index is 12.8. The van der Waals surface area contributed by atoms with Crippen molar-refractivity contribution in [1.29, 1.82) is 0 Å². The van der Waals surface area contributed by atoms with E-state index in [4.69, 9.17) is 0 Å².